The number of hydrogen-bond acceptors (Lipinski definition) is 6. The number of carbonyl (C=O) groups is 2. The Morgan fingerprint density at radius 2 is 1.72 bits per heavy atom. The smallest absolute Gasteiger partial charge is 0.278 e. The number of fused-ring (bicyclic) bond motifs is 2. The largest absolute Gasteiger partial charge is 0.494 e. The summed E-state index contributed by atoms with van der Waals surface area (Å²) in [5.41, 5.74) is 2.86. The van der Waals surface area contributed by atoms with E-state index in [1.54, 1.807) is 25.1 Å². The average Bonchev–Trinajstić information content (AvgIpc) is 2.99. The van der Waals surface area contributed by atoms with Crippen LogP contribution in [0.5, 0.6) is 11.5 Å². The summed E-state index contributed by atoms with van der Waals surface area (Å²) in [6.45, 7) is 1.07. The summed E-state index contributed by atoms with van der Waals surface area (Å²) in [6.07, 6.45) is 1.57. The van der Waals surface area contributed by atoms with Crippen LogP contribution in [0.1, 0.15) is 40.4 Å². The molecule has 3 aromatic rings. The third-order valence-corrected chi connectivity index (χ3v) is 7.84. The van der Waals surface area contributed by atoms with Crippen molar-refractivity contribution in [3.63, 3.8) is 0 Å². The number of sulfonamides is 1. The van der Waals surface area contributed by atoms with Crippen molar-refractivity contribution >= 4 is 27.4 Å². The van der Waals surface area contributed by atoms with Crippen molar-refractivity contribution in [3.05, 3.63) is 88.7 Å². The van der Waals surface area contributed by atoms with Gasteiger partial charge in [0.15, 0.2) is 24.0 Å². The van der Waals surface area contributed by atoms with E-state index in [0.717, 1.165) is 17.2 Å². The number of amides is 1. The van der Waals surface area contributed by atoms with Gasteiger partial charge >= 0.3 is 0 Å². The van der Waals surface area contributed by atoms with Gasteiger partial charge in [0.25, 0.3) is 5.91 Å². The van der Waals surface area contributed by atoms with Gasteiger partial charge in [-0.05, 0) is 60.7 Å². The number of aryl methyl sites for hydroxylation is 2. The van der Waals surface area contributed by atoms with Crippen molar-refractivity contribution in [1.29, 1.82) is 0 Å². The molecule has 0 bridgehead atoms. The second-order valence-electron chi connectivity index (χ2n) is 8.39. The number of ether oxygens (including phenoxy) is 2. The summed E-state index contributed by atoms with van der Waals surface area (Å²) < 4.78 is 51.2. The lowest BCUT2D eigenvalue weighted by Gasteiger charge is -2.23. The normalized spacial score (nSPS) is 12.8. The highest BCUT2D eigenvalue weighted by molar-refractivity contribution is 7.93. The van der Waals surface area contributed by atoms with Crippen LogP contribution >= 0.6 is 0 Å². The summed E-state index contributed by atoms with van der Waals surface area (Å²) in [6, 6.07) is 15.9. The molecule has 3 aromatic carbocycles. The maximum absolute atomic E-state index is 14.3. The number of ketones is 1. The maximum Gasteiger partial charge on any atom is 0.278 e. The van der Waals surface area contributed by atoms with E-state index >= 15 is 0 Å². The van der Waals surface area contributed by atoms with Crippen LogP contribution in [0.3, 0.4) is 0 Å². The second kappa shape index (κ2) is 10.5. The Morgan fingerprint density at radius 3 is 2.44 bits per heavy atom. The first-order valence-electron chi connectivity index (χ1n) is 11.5. The van der Waals surface area contributed by atoms with Gasteiger partial charge in [-0.2, -0.15) is 0 Å². The Kier molecular flexibility index (Phi) is 7.40. The first-order chi connectivity index (χ1) is 17.2. The third-order valence-electron chi connectivity index (χ3n) is 5.95. The summed E-state index contributed by atoms with van der Waals surface area (Å²) in [5.74, 6) is -1.78. The Hall–Kier alpha value is -3.72. The second-order valence-corrected chi connectivity index (χ2v) is 10.3. The zero-order valence-corrected chi connectivity index (χ0v) is 20.8. The molecular formula is C27H26FNO6S. The van der Waals surface area contributed by atoms with Crippen molar-refractivity contribution in [2.45, 2.75) is 26.2 Å². The number of benzene rings is 3. The fraction of sp³-hybridized carbons (Fsp3) is 0.259. The van der Waals surface area contributed by atoms with Gasteiger partial charge in [-0.1, -0.05) is 31.2 Å². The maximum atomic E-state index is 14.3. The van der Waals surface area contributed by atoms with E-state index in [0.29, 0.717) is 34.0 Å². The number of nitrogens with zero attached hydrogens (tertiary/aromatic N) is 1. The van der Waals surface area contributed by atoms with Gasteiger partial charge < -0.3 is 9.47 Å². The minimum Gasteiger partial charge on any atom is -0.494 e. The number of halogens is 1. The molecule has 1 aliphatic carbocycles. The molecule has 0 aromatic heterocycles. The zero-order valence-electron chi connectivity index (χ0n) is 20.0. The molecule has 0 aliphatic heterocycles. The van der Waals surface area contributed by atoms with Crippen LogP contribution in [0.2, 0.25) is 0 Å². The lowest BCUT2D eigenvalue weighted by Crippen LogP contribution is -2.41. The molecule has 1 amide bonds. The predicted molar refractivity (Wildman–Crippen MR) is 134 cm³/mol. The lowest BCUT2D eigenvalue weighted by atomic mass is 9.99. The molecule has 36 heavy (non-hydrogen) atoms. The fourth-order valence-corrected chi connectivity index (χ4v) is 5.75. The number of anilines is 1. The van der Waals surface area contributed by atoms with Crippen molar-refractivity contribution in [2.75, 3.05) is 23.8 Å². The van der Waals surface area contributed by atoms with Crippen molar-refractivity contribution in [1.82, 2.24) is 0 Å². The highest BCUT2D eigenvalue weighted by atomic mass is 32.2. The predicted octanol–water partition coefficient (Wildman–Crippen LogP) is 4.32. The summed E-state index contributed by atoms with van der Waals surface area (Å²) in [5, 5.41) is 0. The fourth-order valence-electron chi connectivity index (χ4n) is 4.26. The quantitative estimate of drug-likeness (QED) is 0.448. The van der Waals surface area contributed by atoms with Crippen LogP contribution in [-0.4, -0.2) is 39.6 Å². The van der Waals surface area contributed by atoms with Gasteiger partial charge in [0.05, 0.1) is 18.6 Å². The summed E-state index contributed by atoms with van der Waals surface area (Å²) >= 11 is 0. The Balaban J connectivity index is 1.56. The highest BCUT2D eigenvalue weighted by Gasteiger charge is 2.30. The minimum absolute atomic E-state index is 0.0703. The molecule has 0 heterocycles. The van der Waals surface area contributed by atoms with Gasteiger partial charge in [0, 0.05) is 17.2 Å². The van der Waals surface area contributed by atoms with Crippen molar-refractivity contribution in [3.8, 4) is 11.5 Å². The highest BCUT2D eigenvalue weighted by Crippen LogP contribution is 2.29. The number of carbonyl (C=O) groups excluding carboxylic acids is 2. The molecular weight excluding hydrogens is 485 g/mol. The number of rotatable bonds is 8. The third kappa shape index (κ3) is 5.11. The first kappa shape index (κ1) is 25.4. The molecule has 0 N–H and O–H groups in total. The van der Waals surface area contributed by atoms with Crippen LogP contribution in [0.15, 0.2) is 60.7 Å². The molecule has 0 fully saturated rings. The molecule has 1 aliphatic rings. The van der Waals surface area contributed by atoms with Crippen LogP contribution in [0.25, 0.3) is 0 Å². The summed E-state index contributed by atoms with van der Waals surface area (Å²) in [4.78, 5) is 26.1. The lowest BCUT2D eigenvalue weighted by molar-refractivity contribution is -0.119. The zero-order chi connectivity index (χ0) is 25.9. The van der Waals surface area contributed by atoms with Crippen molar-refractivity contribution < 1.29 is 31.9 Å². The van der Waals surface area contributed by atoms with Gasteiger partial charge in [-0.15, -0.1) is 0 Å². The molecule has 0 radical (unpaired) electrons. The van der Waals surface area contributed by atoms with Crippen LogP contribution < -0.4 is 13.8 Å². The van der Waals surface area contributed by atoms with Gasteiger partial charge in [-0.25, -0.2) is 17.1 Å². The van der Waals surface area contributed by atoms with E-state index in [4.69, 9.17) is 9.47 Å². The van der Waals surface area contributed by atoms with Crippen LogP contribution in [0, 0.1) is 5.82 Å². The first-order valence-corrected chi connectivity index (χ1v) is 13.1. The van der Waals surface area contributed by atoms with Crippen molar-refractivity contribution in [2.24, 2.45) is 0 Å². The topological polar surface area (TPSA) is 90.0 Å². The molecule has 0 saturated carbocycles. The van der Waals surface area contributed by atoms with Crippen LogP contribution in [-0.2, 0) is 27.7 Å². The molecule has 0 atom stereocenters. The molecule has 188 valence electrons. The average molecular weight is 512 g/mol. The standard InChI is InChI=1S/C27H26FNO6S/c1-3-14-36(32,33)29(20-10-13-25(34-2)24(28)16-20)26(30)17-35-21-11-12-23-19(15-21)9-8-18-6-4-5-7-22(18)27(23)31/h4-7,10-13,15-16H,3,8-9,14,17H2,1-2H3. The molecule has 9 heteroatoms. The summed E-state index contributed by atoms with van der Waals surface area (Å²) in [7, 11) is -2.78. The van der Waals surface area contributed by atoms with Crippen LogP contribution in [0.4, 0.5) is 10.1 Å². The van der Waals surface area contributed by atoms with E-state index in [-0.39, 0.29) is 29.4 Å². The Morgan fingerprint density at radius 1 is 1.00 bits per heavy atom. The molecule has 7 nitrogen and oxygen atoms in total. The minimum atomic E-state index is -4.07. The Labute approximate surface area is 209 Å². The van der Waals surface area contributed by atoms with E-state index in [1.807, 2.05) is 24.3 Å². The van der Waals surface area contributed by atoms with E-state index in [9.17, 15) is 22.4 Å². The van der Waals surface area contributed by atoms with Gasteiger partial charge in [0.1, 0.15) is 5.75 Å². The molecule has 0 spiro atoms. The monoisotopic (exact) mass is 511 g/mol. The molecule has 0 unspecified atom stereocenters. The van der Waals surface area contributed by atoms with Gasteiger partial charge in [-0.3, -0.25) is 9.59 Å². The van der Waals surface area contributed by atoms with E-state index in [2.05, 4.69) is 0 Å². The SMILES string of the molecule is CCCS(=O)(=O)N(C(=O)COc1ccc2c(c1)CCc1ccccc1C2=O)c1ccc(OC)c(F)c1. The van der Waals surface area contributed by atoms with Gasteiger partial charge in [0.2, 0.25) is 10.0 Å². The molecule has 4 rings (SSSR count). The van der Waals surface area contributed by atoms with E-state index < -0.39 is 28.4 Å². The number of methoxy groups -OCH3 is 1. The number of hydrogen-bond donors (Lipinski definition) is 0. The Bertz CT molecular complexity index is 1420. The van der Waals surface area contributed by atoms with E-state index in [1.165, 1.54) is 19.2 Å². The molecule has 0 saturated heterocycles.